The zero-order chi connectivity index (χ0) is 7.73. The number of ether oxygens (including phenoxy) is 1. The third-order valence-electron chi connectivity index (χ3n) is 3.16. The molecule has 11 heavy (non-hydrogen) atoms. The molecule has 0 amide bonds. The summed E-state index contributed by atoms with van der Waals surface area (Å²) in [7, 11) is 0. The lowest BCUT2D eigenvalue weighted by atomic mass is 9.73. The first-order chi connectivity index (χ1) is 5.31. The Bertz CT molecular complexity index is 136. The Morgan fingerprint density at radius 2 is 2.27 bits per heavy atom. The van der Waals surface area contributed by atoms with Crippen LogP contribution in [0.2, 0.25) is 0 Å². The second-order valence-electron chi connectivity index (χ2n) is 3.97. The van der Waals surface area contributed by atoms with Crippen molar-refractivity contribution in [2.45, 2.75) is 31.8 Å². The van der Waals surface area contributed by atoms with Crippen LogP contribution in [0.25, 0.3) is 0 Å². The number of hydrogen-bond donors (Lipinski definition) is 1. The van der Waals surface area contributed by atoms with Crippen LogP contribution in [-0.4, -0.2) is 25.3 Å². The summed E-state index contributed by atoms with van der Waals surface area (Å²) in [5.74, 6) is 0.829. The van der Waals surface area contributed by atoms with Gasteiger partial charge in [0.2, 0.25) is 0 Å². The van der Waals surface area contributed by atoms with Crippen LogP contribution in [-0.2, 0) is 4.74 Å². The smallest absolute Gasteiger partial charge is 0.0806 e. The molecule has 2 heteroatoms. The molecule has 0 aromatic heterocycles. The molecule has 0 aromatic rings. The highest BCUT2D eigenvalue weighted by molar-refractivity contribution is 4.92. The lowest BCUT2D eigenvalue weighted by molar-refractivity contribution is -0.111. The number of hydrogen-bond acceptors (Lipinski definition) is 2. The van der Waals surface area contributed by atoms with Crippen molar-refractivity contribution in [1.82, 2.24) is 5.32 Å². The van der Waals surface area contributed by atoms with Crippen LogP contribution in [0.4, 0.5) is 0 Å². The Labute approximate surface area is 68.3 Å². The monoisotopic (exact) mass is 155 g/mol. The van der Waals surface area contributed by atoms with E-state index in [-0.39, 0.29) is 5.60 Å². The first-order valence-electron chi connectivity index (χ1n) is 4.66. The molecule has 2 fully saturated rings. The van der Waals surface area contributed by atoms with Crippen LogP contribution in [0.1, 0.15) is 26.2 Å². The van der Waals surface area contributed by atoms with Crippen molar-refractivity contribution in [3.05, 3.63) is 0 Å². The minimum Gasteiger partial charge on any atom is -0.372 e. The van der Waals surface area contributed by atoms with Gasteiger partial charge in [-0.25, -0.2) is 0 Å². The Hall–Kier alpha value is -0.0800. The van der Waals surface area contributed by atoms with Crippen molar-refractivity contribution in [1.29, 1.82) is 0 Å². The van der Waals surface area contributed by atoms with Gasteiger partial charge in [-0.15, -0.1) is 0 Å². The van der Waals surface area contributed by atoms with Crippen molar-refractivity contribution >= 4 is 0 Å². The maximum Gasteiger partial charge on any atom is 0.0806 e. The molecule has 2 rings (SSSR count). The van der Waals surface area contributed by atoms with Gasteiger partial charge >= 0.3 is 0 Å². The van der Waals surface area contributed by atoms with Crippen molar-refractivity contribution in [2.24, 2.45) is 5.92 Å². The molecule has 2 aliphatic rings. The average Bonchev–Trinajstić information content (AvgIpc) is 1.83. The van der Waals surface area contributed by atoms with Crippen molar-refractivity contribution in [3.63, 3.8) is 0 Å². The Kier molecular flexibility index (Phi) is 1.90. The molecule has 1 saturated heterocycles. The zero-order valence-electron chi connectivity index (χ0n) is 7.23. The average molecular weight is 155 g/mol. The Morgan fingerprint density at radius 3 is 2.73 bits per heavy atom. The summed E-state index contributed by atoms with van der Waals surface area (Å²) in [6.07, 6.45) is 4.15. The van der Waals surface area contributed by atoms with Gasteiger partial charge in [-0.05, 0) is 25.7 Å². The van der Waals surface area contributed by atoms with Gasteiger partial charge in [0, 0.05) is 13.1 Å². The Balaban J connectivity index is 1.94. The molecule has 0 bridgehead atoms. The van der Waals surface area contributed by atoms with Gasteiger partial charge in [0.25, 0.3) is 0 Å². The van der Waals surface area contributed by atoms with Crippen LogP contribution in [0.15, 0.2) is 0 Å². The van der Waals surface area contributed by atoms with Gasteiger partial charge in [-0.1, -0.05) is 6.42 Å². The molecule has 0 radical (unpaired) electrons. The SMILES string of the molecule is CC1(C2CCC2)CNCCO1. The zero-order valence-corrected chi connectivity index (χ0v) is 7.23. The molecular formula is C9H17NO. The highest BCUT2D eigenvalue weighted by Crippen LogP contribution is 2.38. The van der Waals surface area contributed by atoms with E-state index in [1.807, 2.05) is 0 Å². The van der Waals surface area contributed by atoms with Crippen molar-refractivity contribution in [3.8, 4) is 0 Å². The van der Waals surface area contributed by atoms with E-state index in [0.29, 0.717) is 0 Å². The van der Waals surface area contributed by atoms with Gasteiger partial charge in [-0.3, -0.25) is 0 Å². The van der Waals surface area contributed by atoms with Crippen molar-refractivity contribution < 1.29 is 4.74 Å². The van der Waals surface area contributed by atoms with E-state index in [0.717, 1.165) is 25.6 Å². The number of nitrogens with one attached hydrogen (secondary N) is 1. The third kappa shape index (κ3) is 1.30. The van der Waals surface area contributed by atoms with Crippen LogP contribution in [0, 0.1) is 5.92 Å². The first-order valence-corrected chi connectivity index (χ1v) is 4.66. The first kappa shape index (κ1) is 7.56. The fourth-order valence-electron chi connectivity index (χ4n) is 2.03. The fourth-order valence-corrected chi connectivity index (χ4v) is 2.03. The lowest BCUT2D eigenvalue weighted by Crippen LogP contribution is -2.54. The predicted molar refractivity (Wildman–Crippen MR) is 44.6 cm³/mol. The third-order valence-corrected chi connectivity index (χ3v) is 3.16. The van der Waals surface area contributed by atoms with E-state index in [2.05, 4.69) is 12.2 Å². The minimum atomic E-state index is 0.163. The molecule has 1 aliphatic carbocycles. The minimum absolute atomic E-state index is 0.163. The second-order valence-corrected chi connectivity index (χ2v) is 3.97. The van der Waals surface area contributed by atoms with E-state index in [1.54, 1.807) is 0 Å². The lowest BCUT2D eigenvalue weighted by Gasteiger charge is -2.45. The van der Waals surface area contributed by atoms with Crippen molar-refractivity contribution in [2.75, 3.05) is 19.7 Å². The van der Waals surface area contributed by atoms with E-state index in [9.17, 15) is 0 Å². The van der Waals surface area contributed by atoms with Gasteiger partial charge in [0.15, 0.2) is 0 Å². The molecule has 0 spiro atoms. The van der Waals surface area contributed by atoms with E-state index in [1.165, 1.54) is 19.3 Å². The molecule has 1 atom stereocenters. The predicted octanol–water partition coefficient (Wildman–Crippen LogP) is 1.17. The van der Waals surface area contributed by atoms with Gasteiger partial charge in [0.05, 0.1) is 12.2 Å². The summed E-state index contributed by atoms with van der Waals surface area (Å²) in [4.78, 5) is 0. The molecule has 64 valence electrons. The summed E-state index contributed by atoms with van der Waals surface area (Å²) in [6.45, 7) is 5.23. The molecule has 1 N–H and O–H groups in total. The summed E-state index contributed by atoms with van der Waals surface area (Å²) >= 11 is 0. The van der Waals surface area contributed by atoms with Gasteiger partial charge in [0.1, 0.15) is 0 Å². The summed E-state index contributed by atoms with van der Waals surface area (Å²) < 4.78 is 5.81. The van der Waals surface area contributed by atoms with Gasteiger partial charge in [-0.2, -0.15) is 0 Å². The molecule has 2 nitrogen and oxygen atoms in total. The normalized spacial score (nSPS) is 40.1. The van der Waals surface area contributed by atoms with E-state index < -0.39 is 0 Å². The van der Waals surface area contributed by atoms with Crippen LogP contribution in [0.3, 0.4) is 0 Å². The molecule has 0 aromatic carbocycles. The number of rotatable bonds is 1. The van der Waals surface area contributed by atoms with E-state index in [4.69, 9.17) is 4.74 Å². The van der Waals surface area contributed by atoms with Gasteiger partial charge < -0.3 is 10.1 Å². The highest BCUT2D eigenvalue weighted by Gasteiger charge is 2.39. The molecule has 1 unspecified atom stereocenters. The standard InChI is InChI=1S/C9H17NO/c1-9(8-3-2-4-8)7-10-5-6-11-9/h8,10H,2-7H2,1H3. The summed E-state index contributed by atoms with van der Waals surface area (Å²) in [6, 6.07) is 0. The largest absolute Gasteiger partial charge is 0.372 e. The maximum absolute atomic E-state index is 5.81. The van der Waals surface area contributed by atoms with Crippen LogP contribution in [0.5, 0.6) is 0 Å². The summed E-state index contributed by atoms with van der Waals surface area (Å²) in [5, 5.41) is 3.40. The molecule has 1 aliphatic heterocycles. The van der Waals surface area contributed by atoms with E-state index >= 15 is 0 Å². The van der Waals surface area contributed by atoms with Crippen LogP contribution < -0.4 is 5.32 Å². The fraction of sp³-hybridized carbons (Fsp3) is 1.00. The summed E-state index contributed by atoms with van der Waals surface area (Å²) in [5.41, 5.74) is 0.163. The maximum atomic E-state index is 5.81. The topological polar surface area (TPSA) is 21.3 Å². The molecule has 1 saturated carbocycles. The molecular weight excluding hydrogens is 138 g/mol. The molecule has 1 heterocycles. The highest BCUT2D eigenvalue weighted by atomic mass is 16.5. The van der Waals surface area contributed by atoms with Crippen LogP contribution >= 0.6 is 0 Å². The second kappa shape index (κ2) is 2.76. The number of morpholine rings is 1. The quantitative estimate of drug-likeness (QED) is 0.613. The Morgan fingerprint density at radius 1 is 1.45 bits per heavy atom.